The summed E-state index contributed by atoms with van der Waals surface area (Å²) in [5.74, 6) is -0.258. The molecule has 5 heteroatoms. The van der Waals surface area contributed by atoms with Crippen molar-refractivity contribution in [2.75, 3.05) is 19.7 Å². The summed E-state index contributed by atoms with van der Waals surface area (Å²) in [6, 6.07) is 13.8. The number of carbonyl (C=O) groups is 1. The number of nitrogens with zero attached hydrogens (tertiary/aromatic N) is 1. The highest BCUT2D eigenvalue weighted by Gasteiger charge is 2.26. The van der Waals surface area contributed by atoms with Crippen LogP contribution in [0.4, 0.5) is 4.39 Å². The van der Waals surface area contributed by atoms with Crippen LogP contribution in [-0.4, -0.2) is 30.5 Å². The number of halogens is 2. The molecular formula is C17H15FINO2. The number of hydrogen-bond donors (Lipinski definition) is 0. The largest absolute Gasteiger partial charge is 0.370 e. The molecule has 1 unspecified atom stereocenters. The van der Waals surface area contributed by atoms with Crippen molar-refractivity contribution in [3.05, 3.63) is 69.0 Å². The third-order valence-electron chi connectivity index (χ3n) is 3.70. The van der Waals surface area contributed by atoms with Crippen LogP contribution in [-0.2, 0) is 4.74 Å². The Labute approximate surface area is 142 Å². The first-order chi connectivity index (χ1) is 10.6. The van der Waals surface area contributed by atoms with Gasteiger partial charge in [-0.15, -0.1) is 0 Å². The van der Waals surface area contributed by atoms with Gasteiger partial charge in [-0.05, 0) is 52.4 Å². The van der Waals surface area contributed by atoms with E-state index in [9.17, 15) is 9.18 Å². The molecule has 0 aromatic heterocycles. The van der Waals surface area contributed by atoms with Crippen LogP contribution in [0.3, 0.4) is 0 Å². The van der Waals surface area contributed by atoms with Gasteiger partial charge in [-0.1, -0.05) is 24.3 Å². The molecule has 3 nitrogen and oxygen atoms in total. The standard InChI is InChI=1S/C17H15FINO2/c18-13-7-5-12(6-8-13)16-11-20(9-10-22-16)17(21)14-3-1-2-4-15(14)19/h1-8,16H,9-11H2. The first kappa shape index (κ1) is 15.4. The van der Waals surface area contributed by atoms with E-state index in [1.54, 1.807) is 17.0 Å². The summed E-state index contributed by atoms with van der Waals surface area (Å²) in [5, 5.41) is 0. The first-order valence-corrected chi connectivity index (χ1v) is 8.14. The van der Waals surface area contributed by atoms with Crippen molar-refractivity contribution >= 4 is 28.5 Å². The highest BCUT2D eigenvalue weighted by molar-refractivity contribution is 14.1. The molecule has 114 valence electrons. The molecule has 1 atom stereocenters. The quantitative estimate of drug-likeness (QED) is 0.707. The van der Waals surface area contributed by atoms with E-state index in [2.05, 4.69) is 22.6 Å². The molecule has 1 aliphatic rings. The molecule has 2 aromatic carbocycles. The van der Waals surface area contributed by atoms with Crippen LogP contribution in [0.15, 0.2) is 48.5 Å². The Hall–Kier alpha value is -1.47. The van der Waals surface area contributed by atoms with Crippen molar-refractivity contribution in [3.63, 3.8) is 0 Å². The molecule has 1 heterocycles. The zero-order valence-electron chi connectivity index (χ0n) is 11.8. The van der Waals surface area contributed by atoms with E-state index in [0.29, 0.717) is 25.3 Å². The van der Waals surface area contributed by atoms with Gasteiger partial charge in [0.2, 0.25) is 0 Å². The number of benzene rings is 2. The molecule has 2 aromatic rings. The minimum absolute atomic E-state index is 0.0143. The van der Waals surface area contributed by atoms with Crippen LogP contribution in [0.2, 0.25) is 0 Å². The monoisotopic (exact) mass is 411 g/mol. The lowest BCUT2D eigenvalue weighted by molar-refractivity contribution is -0.0228. The minimum Gasteiger partial charge on any atom is -0.370 e. The van der Waals surface area contributed by atoms with Gasteiger partial charge in [0.15, 0.2) is 0 Å². The second-order valence-electron chi connectivity index (χ2n) is 5.14. The number of morpholine rings is 1. The Morgan fingerprint density at radius 3 is 2.64 bits per heavy atom. The van der Waals surface area contributed by atoms with Crippen molar-refractivity contribution in [3.8, 4) is 0 Å². The van der Waals surface area contributed by atoms with Crippen LogP contribution >= 0.6 is 22.6 Å². The molecule has 0 N–H and O–H groups in total. The fraction of sp³-hybridized carbons (Fsp3) is 0.235. The lowest BCUT2D eigenvalue weighted by atomic mass is 10.1. The van der Waals surface area contributed by atoms with Crippen LogP contribution in [0.25, 0.3) is 0 Å². The van der Waals surface area contributed by atoms with Gasteiger partial charge in [0, 0.05) is 10.1 Å². The van der Waals surface area contributed by atoms with E-state index >= 15 is 0 Å². The predicted molar refractivity (Wildman–Crippen MR) is 90.2 cm³/mol. The summed E-state index contributed by atoms with van der Waals surface area (Å²) in [7, 11) is 0. The van der Waals surface area contributed by atoms with Crippen LogP contribution in [0.1, 0.15) is 22.0 Å². The van der Waals surface area contributed by atoms with E-state index in [-0.39, 0.29) is 17.8 Å². The maximum atomic E-state index is 13.0. The summed E-state index contributed by atoms with van der Waals surface area (Å²) < 4.78 is 19.7. The SMILES string of the molecule is O=C(c1ccccc1I)N1CCOC(c2ccc(F)cc2)C1. The number of ether oxygens (including phenoxy) is 1. The van der Waals surface area contributed by atoms with E-state index in [0.717, 1.165) is 9.13 Å². The molecule has 0 spiro atoms. The second-order valence-corrected chi connectivity index (χ2v) is 6.30. The number of carbonyl (C=O) groups excluding carboxylic acids is 1. The zero-order chi connectivity index (χ0) is 15.5. The molecule has 1 saturated heterocycles. The highest BCUT2D eigenvalue weighted by Crippen LogP contribution is 2.24. The van der Waals surface area contributed by atoms with E-state index in [1.165, 1.54) is 12.1 Å². The second kappa shape index (κ2) is 6.75. The third kappa shape index (κ3) is 3.30. The van der Waals surface area contributed by atoms with Gasteiger partial charge in [-0.2, -0.15) is 0 Å². The maximum Gasteiger partial charge on any atom is 0.255 e. The average Bonchev–Trinajstić information content (AvgIpc) is 2.55. The Kier molecular flexibility index (Phi) is 4.73. The molecule has 22 heavy (non-hydrogen) atoms. The normalized spacial score (nSPS) is 18.3. The van der Waals surface area contributed by atoms with Gasteiger partial charge in [-0.25, -0.2) is 4.39 Å². The van der Waals surface area contributed by atoms with Gasteiger partial charge < -0.3 is 9.64 Å². The summed E-state index contributed by atoms with van der Waals surface area (Å²) in [6.07, 6.45) is -0.209. The molecule has 0 saturated carbocycles. The first-order valence-electron chi connectivity index (χ1n) is 7.06. The molecule has 0 aliphatic carbocycles. The van der Waals surface area contributed by atoms with Gasteiger partial charge in [0.25, 0.3) is 5.91 Å². The Bertz CT molecular complexity index is 675. The van der Waals surface area contributed by atoms with Crippen LogP contribution < -0.4 is 0 Å². The Morgan fingerprint density at radius 1 is 1.18 bits per heavy atom. The summed E-state index contributed by atoms with van der Waals surface area (Å²) in [4.78, 5) is 14.5. The van der Waals surface area contributed by atoms with Crippen molar-refractivity contribution in [1.82, 2.24) is 4.90 Å². The van der Waals surface area contributed by atoms with Crippen molar-refractivity contribution < 1.29 is 13.9 Å². The lowest BCUT2D eigenvalue weighted by Gasteiger charge is -2.33. The van der Waals surface area contributed by atoms with E-state index < -0.39 is 0 Å². The smallest absolute Gasteiger partial charge is 0.255 e. The fourth-order valence-electron chi connectivity index (χ4n) is 2.52. The summed E-state index contributed by atoms with van der Waals surface area (Å²) >= 11 is 2.17. The van der Waals surface area contributed by atoms with Gasteiger partial charge >= 0.3 is 0 Å². The lowest BCUT2D eigenvalue weighted by Crippen LogP contribution is -2.42. The van der Waals surface area contributed by atoms with Crippen molar-refractivity contribution in [1.29, 1.82) is 0 Å². The van der Waals surface area contributed by atoms with Gasteiger partial charge in [-0.3, -0.25) is 4.79 Å². The highest BCUT2D eigenvalue weighted by atomic mass is 127. The predicted octanol–water partition coefficient (Wildman–Crippen LogP) is 3.64. The molecule has 0 radical (unpaired) electrons. The van der Waals surface area contributed by atoms with E-state index in [4.69, 9.17) is 4.74 Å². The zero-order valence-corrected chi connectivity index (χ0v) is 14.0. The fourth-order valence-corrected chi connectivity index (χ4v) is 3.14. The molecule has 3 rings (SSSR count). The topological polar surface area (TPSA) is 29.5 Å². The van der Waals surface area contributed by atoms with Crippen molar-refractivity contribution in [2.24, 2.45) is 0 Å². The molecule has 1 amide bonds. The summed E-state index contributed by atoms with van der Waals surface area (Å²) in [6.45, 7) is 1.54. The Morgan fingerprint density at radius 2 is 1.91 bits per heavy atom. The minimum atomic E-state index is -0.272. The van der Waals surface area contributed by atoms with Crippen LogP contribution in [0, 0.1) is 9.39 Å². The Balaban J connectivity index is 1.77. The van der Waals surface area contributed by atoms with Gasteiger partial charge in [0.1, 0.15) is 11.9 Å². The van der Waals surface area contributed by atoms with Crippen LogP contribution in [0.5, 0.6) is 0 Å². The number of amides is 1. The van der Waals surface area contributed by atoms with Crippen molar-refractivity contribution in [2.45, 2.75) is 6.10 Å². The third-order valence-corrected chi connectivity index (χ3v) is 4.64. The summed E-state index contributed by atoms with van der Waals surface area (Å²) in [5.41, 5.74) is 1.60. The average molecular weight is 411 g/mol. The van der Waals surface area contributed by atoms with E-state index in [1.807, 2.05) is 24.3 Å². The molecular weight excluding hydrogens is 396 g/mol. The molecule has 1 aliphatic heterocycles. The molecule has 1 fully saturated rings. The number of rotatable bonds is 2. The number of hydrogen-bond acceptors (Lipinski definition) is 2. The maximum absolute atomic E-state index is 13.0. The van der Waals surface area contributed by atoms with Gasteiger partial charge in [0.05, 0.1) is 18.7 Å². The molecule has 0 bridgehead atoms.